The van der Waals surface area contributed by atoms with Gasteiger partial charge in [0.25, 0.3) is 11.8 Å². The lowest BCUT2D eigenvalue weighted by molar-refractivity contribution is -0.125. The highest BCUT2D eigenvalue weighted by molar-refractivity contribution is 7.18. The first-order chi connectivity index (χ1) is 22.4. The third kappa shape index (κ3) is 5.69. The molecule has 10 heteroatoms. The second-order valence-electron chi connectivity index (χ2n) is 12.1. The molecule has 5 aromatic rings. The molecule has 7 rings (SSSR count). The summed E-state index contributed by atoms with van der Waals surface area (Å²) in [5.41, 5.74) is 8.11. The van der Waals surface area contributed by atoms with Gasteiger partial charge in [0.1, 0.15) is 23.1 Å². The van der Waals surface area contributed by atoms with E-state index in [1.165, 1.54) is 0 Å². The van der Waals surface area contributed by atoms with Gasteiger partial charge in [0.2, 0.25) is 5.91 Å². The molecule has 2 saturated heterocycles. The molecule has 0 atom stereocenters. The van der Waals surface area contributed by atoms with Crippen molar-refractivity contribution in [2.24, 2.45) is 5.73 Å². The molecule has 3 aromatic carbocycles. The number of nitrogens with two attached hydrogens (primary N) is 1. The lowest BCUT2D eigenvalue weighted by Gasteiger charge is -2.40. The molecule has 3 amide bonds. The van der Waals surface area contributed by atoms with Crippen LogP contribution in [0.3, 0.4) is 0 Å². The molecular weight excluding hydrogens is 598 g/mol. The van der Waals surface area contributed by atoms with Gasteiger partial charge >= 0.3 is 0 Å². The predicted octanol–water partition coefficient (Wildman–Crippen LogP) is 5.71. The average Bonchev–Trinajstić information content (AvgIpc) is 3.53. The largest absolute Gasteiger partial charge is 0.486 e. The van der Waals surface area contributed by atoms with Crippen molar-refractivity contribution >= 4 is 50.2 Å². The Bertz CT molecular complexity index is 1890. The van der Waals surface area contributed by atoms with Crippen molar-refractivity contribution in [2.75, 3.05) is 26.2 Å². The molecule has 234 valence electrons. The number of nitrogens with zero attached hydrogens (tertiary/aromatic N) is 4. The first-order valence-electron chi connectivity index (χ1n) is 15.8. The van der Waals surface area contributed by atoms with Crippen molar-refractivity contribution < 1.29 is 19.1 Å². The van der Waals surface area contributed by atoms with Crippen molar-refractivity contribution in [1.82, 2.24) is 19.8 Å². The molecule has 2 aliphatic rings. The molecular formula is C36H35N5O4S. The van der Waals surface area contributed by atoms with E-state index in [9.17, 15) is 14.4 Å². The summed E-state index contributed by atoms with van der Waals surface area (Å²) in [6.45, 7) is 2.37. The number of carbonyl (C=O) groups is 3. The van der Waals surface area contributed by atoms with Crippen LogP contribution in [0.15, 0.2) is 78.9 Å². The van der Waals surface area contributed by atoms with E-state index < -0.39 is 5.41 Å². The highest BCUT2D eigenvalue weighted by Gasteiger charge is 2.42. The molecule has 0 spiro atoms. The molecule has 2 aliphatic heterocycles. The van der Waals surface area contributed by atoms with Crippen LogP contribution < -0.4 is 10.5 Å². The van der Waals surface area contributed by atoms with E-state index in [2.05, 4.69) is 4.98 Å². The number of piperidine rings is 2. The van der Waals surface area contributed by atoms with Gasteiger partial charge in [0, 0.05) is 31.6 Å². The highest BCUT2D eigenvalue weighted by atomic mass is 32.1. The van der Waals surface area contributed by atoms with Crippen LogP contribution in [0.1, 0.15) is 63.5 Å². The molecule has 0 unspecified atom stereocenters. The number of rotatable bonds is 7. The molecule has 2 aromatic heterocycles. The van der Waals surface area contributed by atoms with Crippen molar-refractivity contribution in [3.05, 3.63) is 101 Å². The first kappa shape index (κ1) is 29.9. The van der Waals surface area contributed by atoms with Crippen LogP contribution in [-0.4, -0.2) is 63.7 Å². The summed E-state index contributed by atoms with van der Waals surface area (Å²) in [5.74, 6) is -0.165. The number of primary amides is 1. The molecule has 0 saturated carbocycles. The Morgan fingerprint density at radius 2 is 1.50 bits per heavy atom. The summed E-state index contributed by atoms with van der Waals surface area (Å²) < 4.78 is 7.24. The number of hydrogen-bond donors (Lipinski definition) is 1. The maximum Gasteiger partial charge on any atom is 0.272 e. The predicted molar refractivity (Wildman–Crippen MR) is 178 cm³/mol. The number of fused-ring (bicyclic) bond motifs is 2. The van der Waals surface area contributed by atoms with Gasteiger partial charge in [-0.1, -0.05) is 42.5 Å². The molecule has 46 heavy (non-hydrogen) atoms. The Hall–Kier alpha value is -4.83. The number of pyridine rings is 1. The monoisotopic (exact) mass is 633 g/mol. The van der Waals surface area contributed by atoms with E-state index in [0.29, 0.717) is 67.8 Å². The van der Waals surface area contributed by atoms with Gasteiger partial charge in [-0.15, -0.1) is 11.3 Å². The summed E-state index contributed by atoms with van der Waals surface area (Å²) in [6, 6.07) is 24.6. The third-order valence-electron chi connectivity index (χ3n) is 9.28. The van der Waals surface area contributed by atoms with Gasteiger partial charge in [0.05, 0.1) is 26.7 Å². The van der Waals surface area contributed by atoms with Crippen molar-refractivity contribution in [2.45, 2.75) is 44.1 Å². The Morgan fingerprint density at radius 1 is 0.783 bits per heavy atom. The van der Waals surface area contributed by atoms with Crippen LogP contribution in [-0.2, 0) is 16.8 Å². The number of ether oxygens (including phenoxy) is 1. The number of carbonyl (C=O) groups excluding carboxylic acids is 3. The lowest BCUT2D eigenvalue weighted by Crippen LogP contribution is -2.51. The maximum absolute atomic E-state index is 13.9. The van der Waals surface area contributed by atoms with Crippen LogP contribution in [0, 0.1) is 0 Å². The normalized spacial score (nSPS) is 16.4. The Morgan fingerprint density at radius 3 is 2.24 bits per heavy atom. The fraction of sp³-hybridized carbons (Fsp3) is 0.306. The SMILES string of the molecule is NC(=O)C1(c2ccccc2)CCN(C(=O)c2cc(C(=O)N3CCCCC3)c3cc(OCc4nc5ccccc5s4)ccc3n2)CC1. The maximum atomic E-state index is 13.9. The summed E-state index contributed by atoms with van der Waals surface area (Å²) in [6.07, 6.45) is 3.84. The fourth-order valence-electron chi connectivity index (χ4n) is 6.66. The van der Waals surface area contributed by atoms with Crippen molar-refractivity contribution in [3.63, 3.8) is 0 Å². The van der Waals surface area contributed by atoms with E-state index in [4.69, 9.17) is 15.5 Å². The average molecular weight is 634 g/mol. The molecule has 2 N–H and O–H groups in total. The molecule has 0 radical (unpaired) electrons. The van der Waals surface area contributed by atoms with Gasteiger partial charge in [-0.2, -0.15) is 0 Å². The minimum absolute atomic E-state index is 0.111. The quantitative estimate of drug-likeness (QED) is 0.245. The van der Waals surface area contributed by atoms with E-state index in [-0.39, 0.29) is 23.4 Å². The topological polar surface area (TPSA) is 119 Å². The van der Waals surface area contributed by atoms with Gasteiger partial charge < -0.3 is 20.3 Å². The van der Waals surface area contributed by atoms with Crippen LogP contribution in [0.5, 0.6) is 5.75 Å². The summed E-state index contributed by atoms with van der Waals surface area (Å²) in [4.78, 5) is 53.5. The number of benzene rings is 3. The highest BCUT2D eigenvalue weighted by Crippen LogP contribution is 2.36. The van der Waals surface area contributed by atoms with E-state index in [1.807, 2.05) is 71.6 Å². The first-order valence-corrected chi connectivity index (χ1v) is 16.6. The fourth-order valence-corrected chi connectivity index (χ4v) is 7.54. The van der Waals surface area contributed by atoms with Gasteiger partial charge in [0.15, 0.2) is 0 Å². The summed E-state index contributed by atoms with van der Waals surface area (Å²) >= 11 is 1.59. The zero-order valence-electron chi connectivity index (χ0n) is 25.5. The third-order valence-corrected chi connectivity index (χ3v) is 10.3. The van der Waals surface area contributed by atoms with Gasteiger partial charge in [-0.3, -0.25) is 14.4 Å². The van der Waals surface area contributed by atoms with Crippen LogP contribution in [0.25, 0.3) is 21.1 Å². The van der Waals surface area contributed by atoms with Gasteiger partial charge in [-0.05, 0) is 74.1 Å². The molecule has 0 aliphatic carbocycles. The number of thiazole rings is 1. The minimum atomic E-state index is -0.827. The summed E-state index contributed by atoms with van der Waals surface area (Å²) in [5, 5.41) is 1.50. The minimum Gasteiger partial charge on any atom is -0.486 e. The van der Waals surface area contributed by atoms with E-state index in [1.54, 1.807) is 28.4 Å². The zero-order chi connectivity index (χ0) is 31.7. The van der Waals surface area contributed by atoms with Crippen LogP contribution in [0.2, 0.25) is 0 Å². The lowest BCUT2D eigenvalue weighted by atomic mass is 9.72. The number of aromatic nitrogens is 2. The molecule has 4 heterocycles. The van der Waals surface area contributed by atoms with Crippen molar-refractivity contribution in [1.29, 1.82) is 0 Å². The second kappa shape index (κ2) is 12.5. The number of likely N-dealkylation sites (tertiary alicyclic amines) is 2. The summed E-state index contributed by atoms with van der Waals surface area (Å²) in [7, 11) is 0. The number of hydrogen-bond acceptors (Lipinski definition) is 7. The van der Waals surface area contributed by atoms with E-state index >= 15 is 0 Å². The Labute approximate surface area is 271 Å². The van der Waals surface area contributed by atoms with Gasteiger partial charge in [-0.25, -0.2) is 9.97 Å². The molecule has 0 bridgehead atoms. The Kier molecular flexibility index (Phi) is 8.12. The standard InChI is InChI=1S/C36H35N5O4S/c37-35(44)36(24-9-3-1-4-10-24)15-19-41(20-16-36)34(43)30-22-27(33(42)40-17-7-2-8-18-40)26-21-25(13-14-28(26)38-30)45-23-32-39-29-11-5-6-12-31(29)46-32/h1,3-6,9-14,21-22H,2,7-8,15-20,23H2,(H2,37,44). The van der Waals surface area contributed by atoms with Crippen LogP contribution in [0.4, 0.5) is 0 Å². The van der Waals surface area contributed by atoms with Crippen LogP contribution >= 0.6 is 11.3 Å². The van der Waals surface area contributed by atoms with Crippen molar-refractivity contribution in [3.8, 4) is 5.75 Å². The molecule has 9 nitrogen and oxygen atoms in total. The molecule has 2 fully saturated rings. The zero-order valence-corrected chi connectivity index (χ0v) is 26.3. The van der Waals surface area contributed by atoms with E-state index in [0.717, 1.165) is 40.1 Å². The Balaban J connectivity index is 1.17. The smallest absolute Gasteiger partial charge is 0.272 e. The number of para-hydroxylation sites is 1. The number of amides is 3. The second-order valence-corrected chi connectivity index (χ2v) is 13.2.